The van der Waals surface area contributed by atoms with Gasteiger partial charge in [-0.3, -0.25) is 0 Å². The highest BCUT2D eigenvalue weighted by Crippen LogP contribution is 2.32. The van der Waals surface area contributed by atoms with Crippen LogP contribution in [-0.4, -0.2) is 13.1 Å². The van der Waals surface area contributed by atoms with E-state index < -0.39 is 0 Å². The molecule has 3 aromatic rings. The van der Waals surface area contributed by atoms with Crippen molar-refractivity contribution in [1.82, 2.24) is 0 Å². The van der Waals surface area contributed by atoms with Crippen LogP contribution in [-0.2, 0) is 9.53 Å². The Morgan fingerprint density at radius 2 is 1.69 bits per heavy atom. The van der Waals surface area contributed by atoms with Gasteiger partial charge in [-0.15, -0.1) is 0 Å². The molecule has 0 aliphatic carbocycles. The predicted octanol–water partition coefficient (Wildman–Crippen LogP) is 5.59. The van der Waals surface area contributed by atoms with Crippen LogP contribution in [0.3, 0.4) is 0 Å². The molecule has 0 amide bonds. The topological polar surface area (TPSA) is 35.5 Å². The number of benzene rings is 3. The van der Waals surface area contributed by atoms with Gasteiger partial charge >= 0.3 is 5.97 Å². The second kappa shape index (κ2) is 6.81. The fourth-order valence-corrected chi connectivity index (χ4v) is 3.28. The van der Waals surface area contributed by atoms with Gasteiger partial charge in [-0.05, 0) is 41.3 Å². The third-order valence-corrected chi connectivity index (χ3v) is 4.83. The van der Waals surface area contributed by atoms with E-state index in [9.17, 15) is 4.79 Å². The fourth-order valence-electron chi connectivity index (χ4n) is 3.01. The van der Waals surface area contributed by atoms with E-state index in [0.717, 1.165) is 32.1 Å². The molecule has 1 aliphatic rings. The lowest BCUT2D eigenvalue weighted by atomic mass is 10.0. The van der Waals surface area contributed by atoms with E-state index in [4.69, 9.17) is 9.47 Å². The first-order valence-electron chi connectivity index (χ1n) is 8.13. The zero-order chi connectivity index (χ0) is 18.1. The first kappa shape index (κ1) is 16.6. The van der Waals surface area contributed by atoms with Crippen LogP contribution in [0.4, 0.5) is 0 Å². The number of hydrogen-bond donors (Lipinski definition) is 0. The molecule has 0 saturated heterocycles. The number of carbonyl (C=O) groups is 1. The van der Waals surface area contributed by atoms with Crippen LogP contribution >= 0.6 is 15.9 Å². The molecule has 0 aromatic heterocycles. The minimum Gasteiger partial charge on any atom is -0.496 e. The number of methoxy groups -OCH3 is 1. The maximum atomic E-state index is 12.3. The number of ether oxygens (including phenoxy) is 2. The number of halogens is 1. The molecule has 4 heteroatoms. The minimum absolute atomic E-state index is 0.345. The van der Waals surface area contributed by atoms with Gasteiger partial charge in [0.15, 0.2) is 0 Å². The van der Waals surface area contributed by atoms with E-state index in [1.165, 1.54) is 0 Å². The Hall–Kier alpha value is -2.85. The molecule has 0 radical (unpaired) electrons. The maximum absolute atomic E-state index is 12.3. The molecule has 0 N–H and O–H groups in total. The number of carbonyl (C=O) groups excluding carboxylic acids is 1. The van der Waals surface area contributed by atoms with Crippen molar-refractivity contribution in [2.24, 2.45) is 0 Å². The molecule has 3 nitrogen and oxygen atoms in total. The van der Waals surface area contributed by atoms with E-state index in [0.29, 0.717) is 11.3 Å². The van der Waals surface area contributed by atoms with Gasteiger partial charge in [-0.2, -0.15) is 0 Å². The number of cyclic esters (lactones) is 1. The zero-order valence-electron chi connectivity index (χ0n) is 14.0. The summed E-state index contributed by atoms with van der Waals surface area (Å²) in [6.07, 6.45) is 3.64. The van der Waals surface area contributed by atoms with Crippen molar-refractivity contribution >= 4 is 44.5 Å². The lowest BCUT2D eigenvalue weighted by molar-refractivity contribution is -0.130. The van der Waals surface area contributed by atoms with Gasteiger partial charge in [0.05, 0.1) is 12.7 Å². The molecule has 0 saturated carbocycles. The fraction of sp³-hybridized carbons (Fsp3) is 0.0455. The summed E-state index contributed by atoms with van der Waals surface area (Å²) in [6.45, 7) is 0. The van der Waals surface area contributed by atoms with E-state index in [1.807, 2.05) is 66.7 Å². The Morgan fingerprint density at radius 1 is 0.962 bits per heavy atom. The van der Waals surface area contributed by atoms with Crippen LogP contribution in [0.25, 0.3) is 22.6 Å². The molecular weight excluding hydrogens is 392 g/mol. The number of rotatable bonds is 3. The molecule has 26 heavy (non-hydrogen) atoms. The lowest BCUT2D eigenvalue weighted by Crippen LogP contribution is -1.97. The third kappa shape index (κ3) is 3.04. The first-order chi connectivity index (χ1) is 12.7. The van der Waals surface area contributed by atoms with Gasteiger partial charge in [-0.25, -0.2) is 4.79 Å². The normalized spacial score (nSPS) is 15.2. The Balaban J connectivity index is 1.78. The second-order valence-electron chi connectivity index (χ2n) is 5.91. The van der Waals surface area contributed by atoms with E-state index in [-0.39, 0.29) is 5.97 Å². The molecule has 3 aromatic carbocycles. The molecule has 0 atom stereocenters. The lowest BCUT2D eigenvalue weighted by Gasteiger charge is -2.08. The van der Waals surface area contributed by atoms with E-state index in [2.05, 4.69) is 15.9 Å². The zero-order valence-corrected chi connectivity index (χ0v) is 15.6. The van der Waals surface area contributed by atoms with Crippen molar-refractivity contribution in [3.05, 3.63) is 87.9 Å². The van der Waals surface area contributed by atoms with Crippen LogP contribution < -0.4 is 4.74 Å². The summed E-state index contributed by atoms with van der Waals surface area (Å²) >= 11 is 3.41. The molecule has 0 bridgehead atoms. The van der Waals surface area contributed by atoms with E-state index >= 15 is 0 Å². The monoisotopic (exact) mass is 406 g/mol. The van der Waals surface area contributed by atoms with Crippen molar-refractivity contribution in [3.63, 3.8) is 0 Å². The van der Waals surface area contributed by atoms with Crippen molar-refractivity contribution < 1.29 is 14.3 Å². The van der Waals surface area contributed by atoms with Gasteiger partial charge in [0.1, 0.15) is 11.5 Å². The molecule has 0 fully saturated rings. The molecular formula is C22H15BrO3. The van der Waals surface area contributed by atoms with Crippen LogP contribution in [0.2, 0.25) is 0 Å². The third-order valence-electron chi connectivity index (χ3n) is 4.30. The highest BCUT2D eigenvalue weighted by atomic mass is 79.9. The Labute approximate surface area is 159 Å². The van der Waals surface area contributed by atoms with Crippen LogP contribution in [0.1, 0.15) is 11.1 Å². The van der Waals surface area contributed by atoms with Gasteiger partial charge in [0.2, 0.25) is 0 Å². The average Bonchev–Trinajstić information content (AvgIpc) is 3.03. The SMILES string of the molecule is COc1ccc(/C=C2\C=C(c3ccc(Br)cc3)OC2=O)c2ccccc12. The summed E-state index contributed by atoms with van der Waals surface area (Å²) in [5.41, 5.74) is 2.34. The Morgan fingerprint density at radius 3 is 2.42 bits per heavy atom. The summed E-state index contributed by atoms with van der Waals surface area (Å²) in [6, 6.07) is 19.5. The second-order valence-corrected chi connectivity index (χ2v) is 6.82. The van der Waals surface area contributed by atoms with Crippen LogP contribution in [0.15, 0.2) is 76.8 Å². The summed E-state index contributed by atoms with van der Waals surface area (Å²) in [4.78, 5) is 12.3. The molecule has 0 spiro atoms. The average molecular weight is 407 g/mol. The highest BCUT2D eigenvalue weighted by molar-refractivity contribution is 9.10. The summed E-state index contributed by atoms with van der Waals surface area (Å²) < 4.78 is 11.9. The number of hydrogen-bond acceptors (Lipinski definition) is 3. The standard InChI is InChI=1S/C22H15BrO3/c1-25-20-11-8-15(18-4-2-3-5-19(18)20)12-16-13-21(26-22(16)24)14-6-9-17(23)10-7-14/h2-13H,1H3/b16-12+. The minimum atomic E-state index is -0.345. The Bertz CT molecular complexity index is 1060. The Kier molecular flexibility index (Phi) is 4.35. The van der Waals surface area contributed by atoms with Gasteiger partial charge < -0.3 is 9.47 Å². The number of fused-ring (bicyclic) bond motifs is 1. The van der Waals surface area contributed by atoms with Gasteiger partial charge in [-0.1, -0.05) is 58.4 Å². The summed E-state index contributed by atoms with van der Waals surface area (Å²) in [7, 11) is 1.65. The van der Waals surface area contributed by atoms with Gasteiger partial charge in [0, 0.05) is 15.4 Å². The molecule has 1 heterocycles. The van der Waals surface area contributed by atoms with Crippen LogP contribution in [0, 0.1) is 0 Å². The quantitative estimate of drug-likeness (QED) is 0.419. The highest BCUT2D eigenvalue weighted by Gasteiger charge is 2.22. The maximum Gasteiger partial charge on any atom is 0.343 e. The summed E-state index contributed by atoms with van der Waals surface area (Å²) in [5.74, 6) is 1.03. The molecule has 128 valence electrons. The van der Waals surface area contributed by atoms with Crippen molar-refractivity contribution in [3.8, 4) is 5.75 Å². The first-order valence-corrected chi connectivity index (χ1v) is 8.92. The molecule has 4 rings (SSSR count). The van der Waals surface area contributed by atoms with Crippen molar-refractivity contribution in [1.29, 1.82) is 0 Å². The smallest absolute Gasteiger partial charge is 0.343 e. The van der Waals surface area contributed by atoms with Gasteiger partial charge in [0.25, 0.3) is 0 Å². The molecule has 1 aliphatic heterocycles. The predicted molar refractivity (Wildman–Crippen MR) is 107 cm³/mol. The summed E-state index contributed by atoms with van der Waals surface area (Å²) in [5, 5.41) is 2.03. The largest absolute Gasteiger partial charge is 0.496 e. The van der Waals surface area contributed by atoms with Crippen molar-refractivity contribution in [2.45, 2.75) is 0 Å². The van der Waals surface area contributed by atoms with Crippen LogP contribution in [0.5, 0.6) is 5.75 Å². The molecule has 0 unspecified atom stereocenters. The number of esters is 1. The van der Waals surface area contributed by atoms with E-state index in [1.54, 1.807) is 13.2 Å². The van der Waals surface area contributed by atoms with Crippen molar-refractivity contribution in [2.75, 3.05) is 7.11 Å².